The molecule has 31 heavy (non-hydrogen) atoms. The molecule has 1 amide bonds. The van der Waals surface area contributed by atoms with Crippen LogP contribution >= 0.6 is 0 Å². The van der Waals surface area contributed by atoms with Crippen LogP contribution in [0.2, 0.25) is 0 Å². The van der Waals surface area contributed by atoms with Gasteiger partial charge in [-0.3, -0.25) is 9.10 Å². The summed E-state index contributed by atoms with van der Waals surface area (Å²) in [5.41, 5.74) is 3.36. The fourth-order valence-electron chi connectivity index (χ4n) is 3.33. The van der Waals surface area contributed by atoms with Gasteiger partial charge in [0.15, 0.2) is 0 Å². The van der Waals surface area contributed by atoms with Crippen LogP contribution in [0.1, 0.15) is 29.5 Å². The van der Waals surface area contributed by atoms with Crippen molar-refractivity contribution in [1.82, 2.24) is 5.32 Å². The molecule has 0 unspecified atom stereocenters. The Balaban J connectivity index is 1.83. The third-order valence-electron chi connectivity index (χ3n) is 5.25. The van der Waals surface area contributed by atoms with Gasteiger partial charge in [0.25, 0.3) is 10.0 Å². The number of sulfonamides is 1. The normalized spacial score (nSPS) is 12.2. The molecule has 6 heteroatoms. The highest BCUT2D eigenvalue weighted by molar-refractivity contribution is 7.92. The second-order valence-corrected chi connectivity index (χ2v) is 9.59. The molecule has 0 saturated heterocycles. The Morgan fingerprint density at radius 3 is 2.16 bits per heavy atom. The Morgan fingerprint density at radius 2 is 1.52 bits per heavy atom. The summed E-state index contributed by atoms with van der Waals surface area (Å²) in [7, 11) is -3.91. The Hall–Kier alpha value is -3.12. The first kappa shape index (κ1) is 22.6. The van der Waals surface area contributed by atoms with Crippen molar-refractivity contribution in [2.24, 2.45) is 0 Å². The highest BCUT2D eigenvalue weighted by atomic mass is 32.2. The van der Waals surface area contributed by atoms with E-state index in [1.165, 1.54) is 4.31 Å². The number of hydrogen-bond acceptors (Lipinski definition) is 3. The summed E-state index contributed by atoms with van der Waals surface area (Å²) in [5.74, 6) is -0.229. The van der Waals surface area contributed by atoms with Crippen LogP contribution in [0.5, 0.6) is 0 Å². The zero-order valence-electron chi connectivity index (χ0n) is 18.1. The summed E-state index contributed by atoms with van der Waals surface area (Å²) in [6, 6.07) is 23.7. The van der Waals surface area contributed by atoms with E-state index in [2.05, 4.69) is 5.32 Å². The molecule has 0 fully saturated rings. The summed E-state index contributed by atoms with van der Waals surface area (Å²) >= 11 is 0. The lowest BCUT2D eigenvalue weighted by atomic mass is 10.0. The largest absolute Gasteiger partial charge is 0.354 e. The molecule has 0 bridgehead atoms. The van der Waals surface area contributed by atoms with Crippen LogP contribution in [0.25, 0.3) is 0 Å². The van der Waals surface area contributed by atoms with Crippen molar-refractivity contribution in [3.63, 3.8) is 0 Å². The zero-order valence-corrected chi connectivity index (χ0v) is 18.9. The fourth-order valence-corrected chi connectivity index (χ4v) is 4.82. The lowest BCUT2D eigenvalue weighted by molar-refractivity contribution is -0.119. The second kappa shape index (κ2) is 9.79. The molecule has 162 valence electrons. The summed E-state index contributed by atoms with van der Waals surface area (Å²) in [4.78, 5) is 12.9. The summed E-state index contributed by atoms with van der Waals surface area (Å²) in [5, 5.41) is 2.89. The van der Waals surface area contributed by atoms with Gasteiger partial charge in [-0.2, -0.15) is 0 Å². The molecular weight excluding hydrogens is 408 g/mol. The van der Waals surface area contributed by atoms with Crippen LogP contribution in [-0.2, 0) is 14.8 Å². The lowest BCUT2D eigenvalue weighted by Gasteiger charge is -2.26. The van der Waals surface area contributed by atoms with Crippen LogP contribution in [0, 0.1) is 13.8 Å². The average molecular weight is 437 g/mol. The van der Waals surface area contributed by atoms with Crippen molar-refractivity contribution in [2.45, 2.75) is 31.6 Å². The Morgan fingerprint density at radius 1 is 0.903 bits per heavy atom. The van der Waals surface area contributed by atoms with E-state index in [0.29, 0.717) is 12.2 Å². The molecule has 0 heterocycles. The van der Waals surface area contributed by atoms with Gasteiger partial charge in [0.2, 0.25) is 5.91 Å². The molecule has 0 aliphatic heterocycles. The van der Waals surface area contributed by atoms with Gasteiger partial charge in [0.05, 0.1) is 10.6 Å². The molecule has 0 spiro atoms. The van der Waals surface area contributed by atoms with Gasteiger partial charge in [-0.15, -0.1) is 0 Å². The molecule has 0 saturated carbocycles. The van der Waals surface area contributed by atoms with Crippen molar-refractivity contribution in [3.05, 3.63) is 95.6 Å². The summed E-state index contributed by atoms with van der Waals surface area (Å²) in [6.07, 6.45) is 0. The number of nitrogens with one attached hydrogen (secondary N) is 1. The van der Waals surface area contributed by atoms with Crippen molar-refractivity contribution in [1.29, 1.82) is 0 Å². The first-order valence-electron chi connectivity index (χ1n) is 10.3. The van der Waals surface area contributed by atoms with Gasteiger partial charge in [-0.25, -0.2) is 8.42 Å². The van der Waals surface area contributed by atoms with Crippen molar-refractivity contribution in [3.8, 4) is 0 Å². The zero-order chi connectivity index (χ0) is 22.4. The van der Waals surface area contributed by atoms with E-state index in [1.807, 2.05) is 63.2 Å². The molecule has 0 aromatic heterocycles. The number of amides is 1. The van der Waals surface area contributed by atoms with E-state index < -0.39 is 10.0 Å². The van der Waals surface area contributed by atoms with Crippen molar-refractivity contribution < 1.29 is 13.2 Å². The van der Waals surface area contributed by atoms with E-state index >= 15 is 0 Å². The predicted molar refractivity (Wildman–Crippen MR) is 125 cm³/mol. The van der Waals surface area contributed by atoms with Crippen LogP contribution in [0.15, 0.2) is 83.8 Å². The first-order chi connectivity index (χ1) is 14.8. The lowest BCUT2D eigenvalue weighted by Crippen LogP contribution is -2.42. The molecular formula is C25H28N2O3S. The number of aryl methyl sites for hydroxylation is 2. The number of benzene rings is 3. The smallest absolute Gasteiger partial charge is 0.264 e. The highest BCUT2D eigenvalue weighted by Gasteiger charge is 2.28. The van der Waals surface area contributed by atoms with Crippen LogP contribution in [0.4, 0.5) is 5.69 Å². The first-order valence-corrected chi connectivity index (χ1v) is 11.7. The number of rotatable bonds is 8. The molecule has 3 aromatic rings. The third-order valence-corrected chi connectivity index (χ3v) is 7.03. The molecule has 1 atom stereocenters. The van der Waals surface area contributed by atoms with Gasteiger partial charge in [-0.05, 0) is 49.1 Å². The minimum absolute atomic E-state index is 0.116. The van der Waals surface area contributed by atoms with Gasteiger partial charge in [0, 0.05) is 6.54 Å². The molecule has 5 nitrogen and oxygen atoms in total. The number of anilines is 1. The number of carbonyl (C=O) groups is 1. The molecule has 0 aliphatic carbocycles. The highest BCUT2D eigenvalue weighted by Crippen LogP contribution is 2.26. The quantitative estimate of drug-likeness (QED) is 0.568. The predicted octanol–water partition coefficient (Wildman–Crippen LogP) is 4.42. The van der Waals surface area contributed by atoms with E-state index in [9.17, 15) is 13.2 Å². The standard InChI is InChI=1S/C25H28N2O3S/c1-19-13-15-23(16-14-19)31(29,30)27(24-12-8-7-9-20(24)2)18-25(28)26-17-21(3)22-10-5-4-6-11-22/h4-16,21H,17-18H2,1-3H3,(H,26,28)/t21-/m1/s1. The number of hydrogen-bond donors (Lipinski definition) is 1. The number of carbonyl (C=O) groups excluding carboxylic acids is 1. The maximum absolute atomic E-state index is 13.4. The van der Waals surface area contributed by atoms with E-state index in [1.54, 1.807) is 36.4 Å². The van der Waals surface area contributed by atoms with Crippen LogP contribution in [-0.4, -0.2) is 27.4 Å². The molecule has 0 aliphatic rings. The Labute approximate surface area is 184 Å². The maximum Gasteiger partial charge on any atom is 0.264 e. The summed E-state index contributed by atoms with van der Waals surface area (Å²) in [6.45, 7) is 5.90. The monoisotopic (exact) mass is 436 g/mol. The van der Waals surface area contributed by atoms with Gasteiger partial charge in [0.1, 0.15) is 6.54 Å². The van der Waals surface area contributed by atoms with Gasteiger partial charge >= 0.3 is 0 Å². The fraction of sp³-hybridized carbons (Fsp3) is 0.240. The Kier molecular flexibility index (Phi) is 7.13. The van der Waals surface area contributed by atoms with Crippen LogP contribution < -0.4 is 9.62 Å². The number of para-hydroxylation sites is 1. The van der Waals surface area contributed by atoms with E-state index in [0.717, 1.165) is 16.7 Å². The second-order valence-electron chi connectivity index (χ2n) is 7.73. The Bertz CT molecular complexity index is 1130. The minimum Gasteiger partial charge on any atom is -0.354 e. The molecule has 1 N–H and O–H groups in total. The van der Waals surface area contributed by atoms with Crippen molar-refractivity contribution in [2.75, 3.05) is 17.4 Å². The molecule has 0 radical (unpaired) electrons. The average Bonchev–Trinajstić information content (AvgIpc) is 2.77. The molecule has 3 aromatic carbocycles. The van der Waals surface area contributed by atoms with Crippen LogP contribution in [0.3, 0.4) is 0 Å². The molecule has 3 rings (SSSR count). The SMILES string of the molecule is Cc1ccc(S(=O)(=O)N(CC(=O)NC[C@@H](C)c2ccccc2)c2ccccc2C)cc1. The van der Waals surface area contributed by atoms with Gasteiger partial charge < -0.3 is 5.32 Å². The maximum atomic E-state index is 13.4. The van der Waals surface area contributed by atoms with Gasteiger partial charge in [-0.1, -0.05) is 73.2 Å². The minimum atomic E-state index is -3.91. The third kappa shape index (κ3) is 5.52. The topological polar surface area (TPSA) is 66.5 Å². The number of nitrogens with zero attached hydrogens (tertiary/aromatic N) is 1. The van der Waals surface area contributed by atoms with E-state index in [4.69, 9.17) is 0 Å². The van der Waals surface area contributed by atoms with Crippen molar-refractivity contribution >= 4 is 21.6 Å². The summed E-state index contributed by atoms with van der Waals surface area (Å²) < 4.78 is 28.1. The van der Waals surface area contributed by atoms with E-state index in [-0.39, 0.29) is 23.3 Å².